The van der Waals surface area contributed by atoms with Crippen LogP contribution in [0.1, 0.15) is 24.2 Å². The predicted octanol–water partition coefficient (Wildman–Crippen LogP) is 4.82. The average Bonchev–Trinajstić information content (AvgIpc) is 2.54. The van der Waals surface area contributed by atoms with Crippen LogP contribution in [0, 0.1) is 0 Å². The Bertz CT molecular complexity index is 832. The molecule has 3 aromatic carbocycles. The largest absolute Gasteiger partial charge is 0.298 e. The quantitative estimate of drug-likeness (QED) is 0.363. The third-order valence-corrected chi connectivity index (χ3v) is 3.47. The van der Waals surface area contributed by atoms with Gasteiger partial charge >= 0.3 is 0 Å². The number of carbonyl (C=O) groups is 1. The Morgan fingerprint density at radius 3 is 2.45 bits per heavy atom. The van der Waals surface area contributed by atoms with E-state index in [0.29, 0.717) is 5.56 Å². The minimum atomic E-state index is 0.674. The van der Waals surface area contributed by atoms with Crippen molar-refractivity contribution in [2.75, 3.05) is 0 Å². The minimum absolute atomic E-state index is 0.674. The molecule has 0 N–H and O–H groups in total. The Labute approximate surface area is 117 Å². The van der Waals surface area contributed by atoms with Crippen LogP contribution in [0.4, 0.5) is 0 Å². The second-order valence-corrected chi connectivity index (χ2v) is 4.53. The van der Waals surface area contributed by atoms with Gasteiger partial charge in [0.1, 0.15) is 6.29 Å². The summed E-state index contributed by atoms with van der Waals surface area (Å²) in [6.07, 6.45) is 2.74. The highest BCUT2D eigenvalue weighted by atomic mass is 16.1. The molecule has 1 aromatic heterocycles. The standard InChI is InChI=1S/C16H9NO.C2H6/c18-9-10-6-12-5-4-11-2-1-3-13-8-17-14(7-10)16(12)15(11)13;1-2/h1-9H;1-2H3. The summed E-state index contributed by atoms with van der Waals surface area (Å²) in [5.74, 6) is 0. The molecule has 4 aromatic rings. The van der Waals surface area contributed by atoms with Crippen LogP contribution in [-0.2, 0) is 0 Å². The van der Waals surface area contributed by atoms with Crippen molar-refractivity contribution in [3.8, 4) is 0 Å². The second-order valence-electron chi connectivity index (χ2n) is 4.53. The molecule has 0 atom stereocenters. The van der Waals surface area contributed by atoms with Crippen LogP contribution in [0.25, 0.3) is 32.4 Å². The summed E-state index contributed by atoms with van der Waals surface area (Å²) >= 11 is 0. The summed E-state index contributed by atoms with van der Waals surface area (Å²) in [6.45, 7) is 4.00. The van der Waals surface area contributed by atoms with Crippen molar-refractivity contribution < 1.29 is 4.79 Å². The molecule has 0 fully saturated rings. The molecule has 2 nitrogen and oxygen atoms in total. The smallest absolute Gasteiger partial charge is 0.150 e. The highest BCUT2D eigenvalue weighted by molar-refractivity contribution is 6.22. The van der Waals surface area contributed by atoms with E-state index in [1.807, 2.05) is 38.2 Å². The van der Waals surface area contributed by atoms with Gasteiger partial charge in [-0.25, -0.2) is 0 Å². The molecule has 0 radical (unpaired) electrons. The van der Waals surface area contributed by atoms with Gasteiger partial charge in [-0.3, -0.25) is 9.78 Å². The molecule has 0 bridgehead atoms. The lowest BCUT2D eigenvalue weighted by Crippen LogP contribution is -1.89. The van der Waals surface area contributed by atoms with Crippen LogP contribution < -0.4 is 0 Å². The van der Waals surface area contributed by atoms with Gasteiger partial charge in [0.15, 0.2) is 0 Å². The van der Waals surface area contributed by atoms with Crippen molar-refractivity contribution in [2.24, 2.45) is 0 Å². The second kappa shape index (κ2) is 4.89. The van der Waals surface area contributed by atoms with Gasteiger partial charge in [0.25, 0.3) is 0 Å². The van der Waals surface area contributed by atoms with Crippen molar-refractivity contribution in [3.05, 3.63) is 54.2 Å². The number of pyridine rings is 1. The van der Waals surface area contributed by atoms with E-state index in [-0.39, 0.29) is 0 Å². The molecule has 20 heavy (non-hydrogen) atoms. The summed E-state index contributed by atoms with van der Waals surface area (Å²) in [5.41, 5.74) is 1.56. The Morgan fingerprint density at radius 1 is 0.900 bits per heavy atom. The lowest BCUT2D eigenvalue weighted by Gasteiger charge is -2.09. The number of carbonyl (C=O) groups excluding carboxylic acids is 1. The van der Waals surface area contributed by atoms with Gasteiger partial charge in [-0.1, -0.05) is 44.2 Å². The van der Waals surface area contributed by atoms with Gasteiger partial charge in [-0.2, -0.15) is 0 Å². The average molecular weight is 261 g/mol. The van der Waals surface area contributed by atoms with Crippen molar-refractivity contribution >= 4 is 38.7 Å². The molecular formula is C18H15NO. The zero-order valence-corrected chi connectivity index (χ0v) is 11.6. The summed E-state index contributed by atoms with van der Waals surface area (Å²) in [4.78, 5) is 15.4. The number of aldehydes is 1. The van der Waals surface area contributed by atoms with Crippen LogP contribution in [0.3, 0.4) is 0 Å². The zero-order valence-electron chi connectivity index (χ0n) is 11.6. The fourth-order valence-corrected chi connectivity index (χ4v) is 2.69. The van der Waals surface area contributed by atoms with Gasteiger partial charge < -0.3 is 0 Å². The van der Waals surface area contributed by atoms with E-state index in [2.05, 4.69) is 29.2 Å². The Kier molecular flexibility index (Phi) is 3.07. The normalized spacial score (nSPS) is 10.7. The maximum absolute atomic E-state index is 10.9. The van der Waals surface area contributed by atoms with Crippen molar-refractivity contribution in [3.63, 3.8) is 0 Å². The molecular weight excluding hydrogens is 246 g/mol. The van der Waals surface area contributed by atoms with E-state index in [1.165, 1.54) is 10.8 Å². The topological polar surface area (TPSA) is 30.0 Å². The van der Waals surface area contributed by atoms with Crippen molar-refractivity contribution in [2.45, 2.75) is 13.8 Å². The molecule has 4 rings (SSSR count). The molecule has 0 amide bonds. The molecule has 0 saturated carbocycles. The number of hydrogen-bond donors (Lipinski definition) is 0. The predicted molar refractivity (Wildman–Crippen MR) is 84.7 cm³/mol. The lowest BCUT2D eigenvalue weighted by atomic mass is 9.96. The van der Waals surface area contributed by atoms with E-state index >= 15 is 0 Å². The molecule has 0 saturated heterocycles. The third-order valence-electron chi connectivity index (χ3n) is 3.47. The number of benzene rings is 3. The zero-order chi connectivity index (χ0) is 14.1. The fourth-order valence-electron chi connectivity index (χ4n) is 2.69. The first kappa shape index (κ1) is 12.5. The maximum atomic E-state index is 10.9. The Hall–Kier alpha value is -2.48. The molecule has 0 aliphatic carbocycles. The van der Waals surface area contributed by atoms with E-state index in [0.717, 1.165) is 28.0 Å². The number of nitrogens with zero attached hydrogens (tertiary/aromatic N) is 1. The van der Waals surface area contributed by atoms with Crippen LogP contribution in [-0.4, -0.2) is 11.3 Å². The molecule has 0 aliphatic heterocycles. The first-order valence-electron chi connectivity index (χ1n) is 6.85. The maximum Gasteiger partial charge on any atom is 0.150 e. The lowest BCUT2D eigenvalue weighted by molar-refractivity contribution is 0.112. The first-order valence-corrected chi connectivity index (χ1v) is 6.85. The molecule has 0 spiro atoms. The fraction of sp³-hybridized carbons (Fsp3) is 0.111. The van der Waals surface area contributed by atoms with Gasteiger partial charge in [0.2, 0.25) is 0 Å². The minimum Gasteiger partial charge on any atom is -0.298 e. The van der Waals surface area contributed by atoms with Crippen LogP contribution in [0.2, 0.25) is 0 Å². The SMILES string of the molecule is CC.O=Cc1cc2ccc3cccc4cnc(c1)c2c34. The summed E-state index contributed by atoms with van der Waals surface area (Å²) in [6, 6.07) is 14.1. The summed E-state index contributed by atoms with van der Waals surface area (Å²) < 4.78 is 0. The monoisotopic (exact) mass is 261 g/mol. The summed E-state index contributed by atoms with van der Waals surface area (Å²) in [7, 11) is 0. The molecule has 0 unspecified atom stereocenters. The number of hydrogen-bond acceptors (Lipinski definition) is 2. The molecule has 98 valence electrons. The molecule has 0 aliphatic rings. The van der Waals surface area contributed by atoms with Gasteiger partial charge in [0.05, 0.1) is 5.52 Å². The van der Waals surface area contributed by atoms with E-state index in [1.54, 1.807) is 0 Å². The van der Waals surface area contributed by atoms with Gasteiger partial charge in [-0.05, 0) is 22.9 Å². The Balaban J connectivity index is 0.000000581. The third kappa shape index (κ3) is 1.73. The van der Waals surface area contributed by atoms with Gasteiger partial charge in [-0.15, -0.1) is 0 Å². The number of aromatic nitrogens is 1. The van der Waals surface area contributed by atoms with E-state index < -0.39 is 0 Å². The van der Waals surface area contributed by atoms with Crippen LogP contribution >= 0.6 is 0 Å². The van der Waals surface area contributed by atoms with Crippen molar-refractivity contribution in [1.29, 1.82) is 0 Å². The molecule has 2 heteroatoms. The van der Waals surface area contributed by atoms with Gasteiger partial charge in [0, 0.05) is 27.9 Å². The molecule has 1 heterocycles. The highest BCUT2D eigenvalue weighted by Gasteiger charge is 2.09. The van der Waals surface area contributed by atoms with Crippen LogP contribution in [0.15, 0.2) is 48.7 Å². The summed E-state index contributed by atoms with van der Waals surface area (Å²) in [5, 5.41) is 5.82. The number of rotatable bonds is 1. The van der Waals surface area contributed by atoms with Crippen molar-refractivity contribution in [1.82, 2.24) is 4.98 Å². The highest BCUT2D eigenvalue weighted by Crippen LogP contribution is 2.33. The van der Waals surface area contributed by atoms with E-state index in [9.17, 15) is 4.79 Å². The van der Waals surface area contributed by atoms with E-state index in [4.69, 9.17) is 0 Å². The first-order chi connectivity index (χ1) is 9.86. The van der Waals surface area contributed by atoms with Crippen LogP contribution in [0.5, 0.6) is 0 Å². The Morgan fingerprint density at radius 2 is 1.65 bits per heavy atom.